The monoisotopic (exact) mass is 325 g/mol. The van der Waals surface area contributed by atoms with E-state index in [2.05, 4.69) is 40.4 Å². The van der Waals surface area contributed by atoms with E-state index in [1.807, 2.05) is 12.3 Å². The summed E-state index contributed by atoms with van der Waals surface area (Å²) in [5.74, 6) is 2.95. The Labute approximate surface area is 139 Å². The van der Waals surface area contributed by atoms with Crippen LogP contribution in [0.5, 0.6) is 0 Å². The molecule has 0 saturated heterocycles. The van der Waals surface area contributed by atoms with Crippen LogP contribution in [0.4, 0.5) is 0 Å². The van der Waals surface area contributed by atoms with Gasteiger partial charge in [-0.3, -0.25) is 4.90 Å². The summed E-state index contributed by atoms with van der Waals surface area (Å²) in [6.07, 6.45) is 3.91. The Balaban J connectivity index is 1.49. The maximum Gasteiger partial charge on any atom is 0.169 e. The zero-order valence-electron chi connectivity index (χ0n) is 13.2. The lowest BCUT2D eigenvalue weighted by Gasteiger charge is -2.27. The number of thiophene rings is 1. The van der Waals surface area contributed by atoms with E-state index in [1.165, 1.54) is 11.3 Å². The molecule has 23 heavy (non-hydrogen) atoms. The van der Waals surface area contributed by atoms with E-state index in [-0.39, 0.29) is 0 Å². The Bertz CT molecular complexity index is 794. The van der Waals surface area contributed by atoms with Gasteiger partial charge in [-0.1, -0.05) is 13.0 Å². The molecule has 3 aromatic rings. The maximum absolute atomic E-state index is 5.82. The van der Waals surface area contributed by atoms with E-state index >= 15 is 0 Å². The van der Waals surface area contributed by atoms with Gasteiger partial charge in [-0.25, -0.2) is 9.97 Å². The lowest BCUT2D eigenvalue weighted by atomic mass is 10.1. The van der Waals surface area contributed by atoms with Crippen LogP contribution in [0.15, 0.2) is 40.3 Å². The number of furan rings is 1. The molecule has 0 fully saturated rings. The van der Waals surface area contributed by atoms with Crippen molar-refractivity contribution in [3.05, 3.63) is 58.6 Å². The minimum absolute atomic E-state index is 0.853. The van der Waals surface area contributed by atoms with Crippen LogP contribution in [0.2, 0.25) is 0 Å². The second-order valence-electron chi connectivity index (χ2n) is 5.83. The fourth-order valence-electron chi connectivity index (χ4n) is 2.95. The van der Waals surface area contributed by atoms with Crippen molar-refractivity contribution in [2.75, 3.05) is 6.54 Å². The third-order valence-corrected chi connectivity index (χ3v) is 5.07. The Morgan fingerprint density at radius 1 is 1.26 bits per heavy atom. The third-order valence-electron chi connectivity index (χ3n) is 4.20. The molecule has 5 heteroatoms. The van der Waals surface area contributed by atoms with Gasteiger partial charge in [0.2, 0.25) is 0 Å². The van der Waals surface area contributed by atoms with Crippen LogP contribution in [-0.4, -0.2) is 21.4 Å². The Hall–Kier alpha value is -1.98. The van der Waals surface area contributed by atoms with E-state index in [0.717, 1.165) is 54.7 Å². The number of aryl methyl sites for hydroxylation is 1. The maximum atomic E-state index is 5.82. The number of nitrogens with zero attached hydrogens (tertiary/aromatic N) is 3. The smallest absolute Gasteiger partial charge is 0.169 e. The van der Waals surface area contributed by atoms with E-state index in [9.17, 15) is 0 Å². The summed E-state index contributed by atoms with van der Waals surface area (Å²) >= 11 is 1.69. The van der Waals surface area contributed by atoms with Crippen LogP contribution in [0, 0.1) is 0 Å². The highest BCUT2D eigenvalue weighted by molar-refractivity contribution is 7.13. The van der Waals surface area contributed by atoms with Crippen molar-refractivity contribution in [2.24, 2.45) is 0 Å². The summed E-state index contributed by atoms with van der Waals surface area (Å²) in [6, 6.07) is 8.27. The van der Waals surface area contributed by atoms with E-state index < -0.39 is 0 Å². The van der Waals surface area contributed by atoms with Crippen LogP contribution < -0.4 is 0 Å². The minimum atomic E-state index is 0.853. The first-order valence-electron chi connectivity index (χ1n) is 8.00. The van der Waals surface area contributed by atoms with Crippen LogP contribution in [0.3, 0.4) is 0 Å². The number of rotatable bonds is 4. The zero-order valence-corrected chi connectivity index (χ0v) is 14.0. The molecule has 0 aliphatic carbocycles. The largest absolute Gasteiger partial charge is 0.465 e. The molecular formula is C18H19N3OS. The van der Waals surface area contributed by atoms with Gasteiger partial charge in [-0.2, -0.15) is 0 Å². The molecule has 118 valence electrons. The number of hydrogen-bond donors (Lipinski definition) is 0. The van der Waals surface area contributed by atoms with Gasteiger partial charge >= 0.3 is 0 Å². The first kappa shape index (κ1) is 14.6. The van der Waals surface area contributed by atoms with Crippen molar-refractivity contribution in [1.29, 1.82) is 0 Å². The molecule has 0 atom stereocenters. The quantitative estimate of drug-likeness (QED) is 0.729. The Morgan fingerprint density at radius 2 is 2.17 bits per heavy atom. The van der Waals surface area contributed by atoms with Crippen molar-refractivity contribution in [3.8, 4) is 10.7 Å². The van der Waals surface area contributed by atoms with Gasteiger partial charge in [0.1, 0.15) is 11.5 Å². The fourth-order valence-corrected chi connectivity index (χ4v) is 3.62. The van der Waals surface area contributed by atoms with E-state index in [4.69, 9.17) is 9.40 Å². The van der Waals surface area contributed by atoms with Crippen LogP contribution in [0.1, 0.15) is 29.7 Å². The average molecular weight is 325 g/mol. The highest BCUT2D eigenvalue weighted by Crippen LogP contribution is 2.25. The highest BCUT2D eigenvalue weighted by atomic mass is 32.1. The van der Waals surface area contributed by atoms with Gasteiger partial charge in [0, 0.05) is 37.7 Å². The molecule has 0 saturated carbocycles. The lowest BCUT2D eigenvalue weighted by Crippen LogP contribution is -2.30. The van der Waals surface area contributed by atoms with Crippen LogP contribution >= 0.6 is 11.3 Å². The number of hydrogen-bond acceptors (Lipinski definition) is 5. The summed E-state index contributed by atoms with van der Waals surface area (Å²) in [5, 5.41) is 2.06. The van der Waals surface area contributed by atoms with Gasteiger partial charge in [0.25, 0.3) is 0 Å². The van der Waals surface area contributed by atoms with Gasteiger partial charge < -0.3 is 4.42 Å². The molecule has 0 unspecified atom stereocenters. The molecule has 0 aromatic carbocycles. The standard InChI is InChI=1S/C18H19N3OS/c1-2-14-5-6-15(22-14)12-21-8-7-16-13(11-21)10-19-18(20-16)17-4-3-9-23-17/h3-6,9-10H,2,7-8,11-12H2,1H3. The summed E-state index contributed by atoms with van der Waals surface area (Å²) in [4.78, 5) is 12.8. The number of fused-ring (bicyclic) bond motifs is 1. The minimum Gasteiger partial charge on any atom is -0.465 e. The molecule has 3 aromatic heterocycles. The van der Waals surface area contributed by atoms with Crippen molar-refractivity contribution in [2.45, 2.75) is 32.9 Å². The summed E-state index contributed by atoms with van der Waals surface area (Å²) in [7, 11) is 0. The second kappa shape index (κ2) is 6.26. The molecule has 0 radical (unpaired) electrons. The van der Waals surface area contributed by atoms with Gasteiger partial charge in [-0.15, -0.1) is 11.3 Å². The molecule has 4 heterocycles. The third kappa shape index (κ3) is 3.07. The van der Waals surface area contributed by atoms with Crippen LogP contribution in [0.25, 0.3) is 10.7 Å². The predicted molar refractivity (Wildman–Crippen MR) is 91.2 cm³/mol. The lowest BCUT2D eigenvalue weighted by molar-refractivity contribution is 0.221. The predicted octanol–water partition coefficient (Wildman–Crippen LogP) is 3.92. The summed E-state index contributed by atoms with van der Waals surface area (Å²) in [5.41, 5.74) is 2.42. The average Bonchev–Trinajstić information content (AvgIpc) is 3.26. The van der Waals surface area contributed by atoms with Gasteiger partial charge in [0.15, 0.2) is 5.82 Å². The van der Waals surface area contributed by atoms with E-state index in [1.54, 1.807) is 11.3 Å². The second-order valence-corrected chi connectivity index (χ2v) is 6.77. The van der Waals surface area contributed by atoms with Gasteiger partial charge in [0.05, 0.1) is 17.1 Å². The highest BCUT2D eigenvalue weighted by Gasteiger charge is 2.20. The van der Waals surface area contributed by atoms with Crippen molar-refractivity contribution < 1.29 is 4.42 Å². The molecule has 0 amide bonds. The Morgan fingerprint density at radius 3 is 2.96 bits per heavy atom. The van der Waals surface area contributed by atoms with Crippen molar-refractivity contribution in [1.82, 2.24) is 14.9 Å². The number of aromatic nitrogens is 2. The van der Waals surface area contributed by atoms with Crippen molar-refractivity contribution in [3.63, 3.8) is 0 Å². The summed E-state index contributed by atoms with van der Waals surface area (Å²) < 4.78 is 5.82. The molecule has 4 nitrogen and oxygen atoms in total. The molecule has 4 rings (SSSR count). The molecule has 0 N–H and O–H groups in total. The molecule has 0 bridgehead atoms. The topological polar surface area (TPSA) is 42.2 Å². The van der Waals surface area contributed by atoms with E-state index in [0.29, 0.717) is 0 Å². The molecule has 0 spiro atoms. The Kier molecular flexibility index (Phi) is 3.97. The molecular weight excluding hydrogens is 306 g/mol. The molecule has 1 aliphatic rings. The molecule has 1 aliphatic heterocycles. The zero-order chi connectivity index (χ0) is 15.6. The SMILES string of the molecule is CCc1ccc(CN2CCc3nc(-c4cccs4)ncc3C2)o1. The summed E-state index contributed by atoms with van der Waals surface area (Å²) in [6.45, 7) is 4.87. The first-order chi connectivity index (χ1) is 11.3. The van der Waals surface area contributed by atoms with Crippen LogP contribution in [-0.2, 0) is 25.9 Å². The van der Waals surface area contributed by atoms with Gasteiger partial charge in [-0.05, 0) is 23.6 Å². The normalized spacial score (nSPS) is 14.8. The fraction of sp³-hybridized carbons (Fsp3) is 0.333. The first-order valence-corrected chi connectivity index (χ1v) is 8.88. The van der Waals surface area contributed by atoms with Crippen molar-refractivity contribution >= 4 is 11.3 Å².